The highest BCUT2D eigenvalue weighted by Crippen LogP contribution is 2.20. The van der Waals surface area contributed by atoms with Crippen LogP contribution in [-0.2, 0) is 0 Å². The van der Waals surface area contributed by atoms with E-state index in [9.17, 15) is 9.18 Å². The minimum atomic E-state index is -0.213. The maximum Gasteiger partial charge on any atom is 0.253 e. The van der Waals surface area contributed by atoms with Crippen LogP contribution in [0.2, 0.25) is 0 Å². The Kier molecular flexibility index (Phi) is 3.86. The van der Waals surface area contributed by atoms with Gasteiger partial charge in [-0.15, -0.1) is 0 Å². The van der Waals surface area contributed by atoms with E-state index >= 15 is 0 Å². The monoisotopic (exact) mass is 283 g/mol. The molecule has 1 aliphatic heterocycles. The number of anilines is 1. The third-order valence-corrected chi connectivity index (χ3v) is 3.71. The number of amides is 1. The molecule has 2 aromatic rings. The number of hydrogen-bond acceptors (Lipinski definition) is 2. The number of nitrogens with zero attached hydrogens (tertiary/aromatic N) is 2. The first-order valence-corrected chi connectivity index (χ1v) is 7.00. The van der Waals surface area contributed by atoms with Gasteiger partial charge in [0.15, 0.2) is 0 Å². The fourth-order valence-corrected chi connectivity index (χ4v) is 2.57. The molecule has 1 aliphatic rings. The van der Waals surface area contributed by atoms with Crippen LogP contribution in [0.4, 0.5) is 10.1 Å². The summed E-state index contributed by atoms with van der Waals surface area (Å²) < 4.78 is 13.8. The van der Waals surface area contributed by atoms with Gasteiger partial charge in [0.1, 0.15) is 5.82 Å². The molecule has 1 saturated heterocycles. The molecule has 0 aliphatic carbocycles. The van der Waals surface area contributed by atoms with Gasteiger partial charge in [0, 0.05) is 31.7 Å². The topological polar surface area (TPSA) is 23.6 Å². The minimum Gasteiger partial charge on any atom is -0.366 e. The first-order chi connectivity index (χ1) is 10.3. The predicted molar refractivity (Wildman–Crippen MR) is 79.8 cm³/mol. The summed E-state index contributed by atoms with van der Waals surface area (Å²) in [5, 5.41) is 0. The molecule has 21 heavy (non-hydrogen) atoms. The first-order valence-electron chi connectivity index (χ1n) is 7.00. The summed E-state index contributed by atoms with van der Waals surface area (Å²) in [5.41, 5.74) is 1.26. The second-order valence-electron chi connectivity index (χ2n) is 5.02. The van der Waals surface area contributed by atoms with E-state index in [0.29, 0.717) is 37.4 Å². The van der Waals surface area contributed by atoms with Gasteiger partial charge in [0.25, 0.3) is 5.91 Å². The Balaban J connectivity index is 1.66. The lowest BCUT2D eigenvalue weighted by Crippen LogP contribution is -2.49. The third kappa shape index (κ3) is 2.89. The van der Waals surface area contributed by atoms with E-state index in [1.54, 1.807) is 35.2 Å². The van der Waals surface area contributed by atoms with Crippen molar-refractivity contribution in [3.8, 4) is 0 Å². The van der Waals surface area contributed by atoms with Gasteiger partial charge in [-0.3, -0.25) is 4.79 Å². The van der Waals surface area contributed by atoms with Crippen LogP contribution < -0.4 is 4.90 Å². The number of carbonyl (C=O) groups excluding carboxylic acids is 1. The molecule has 3 rings (SSSR count). The van der Waals surface area contributed by atoms with E-state index in [0.717, 1.165) is 0 Å². The average molecular weight is 283 g/mol. The lowest BCUT2D eigenvalue weighted by atomic mass is 10.1. The molecule has 2 aromatic carbocycles. The number of piperazine rings is 1. The van der Waals surface area contributed by atoms with E-state index in [1.165, 1.54) is 6.07 Å². The van der Waals surface area contributed by atoms with E-state index in [1.807, 2.05) is 17.0 Å². The van der Waals surface area contributed by atoms with Gasteiger partial charge in [0.05, 0.1) is 5.69 Å². The van der Waals surface area contributed by atoms with Crippen LogP contribution in [-0.4, -0.2) is 37.0 Å². The molecule has 1 fully saturated rings. The van der Waals surface area contributed by atoms with Crippen molar-refractivity contribution in [1.29, 1.82) is 0 Å². The lowest BCUT2D eigenvalue weighted by Gasteiger charge is -2.36. The Bertz CT molecular complexity index is 622. The largest absolute Gasteiger partial charge is 0.366 e. The lowest BCUT2D eigenvalue weighted by molar-refractivity contribution is 0.0746. The number of halogens is 1. The highest BCUT2D eigenvalue weighted by Gasteiger charge is 2.23. The van der Waals surface area contributed by atoms with Gasteiger partial charge in [-0.25, -0.2) is 4.39 Å². The Labute approximate surface area is 123 Å². The predicted octanol–water partition coefficient (Wildman–Crippen LogP) is 2.59. The van der Waals surface area contributed by atoms with E-state index in [2.05, 4.69) is 6.07 Å². The Morgan fingerprint density at radius 3 is 2.48 bits per heavy atom. The molecule has 0 saturated carbocycles. The molecule has 0 unspecified atom stereocenters. The maximum absolute atomic E-state index is 13.8. The summed E-state index contributed by atoms with van der Waals surface area (Å²) >= 11 is 0. The van der Waals surface area contributed by atoms with Gasteiger partial charge < -0.3 is 9.80 Å². The minimum absolute atomic E-state index is 0.0139. The molecule has 0 spiro atoms. The van der Waals surface area contributed by atoms with Crippen molar-refractivity contribution in [1.82, 2.24) is 4.90 Å². The molecule has 0 atom stereocenters. The van der Waals surface area contributed by atoms with Crippen molar-refractivity contribution in [3.63, 3.8) is 0 Å². The second-order valence-corrected chi connectivity index (χ2v) is 5.02. The Hall–Kier alpha value is -2.36. The van der Waals surface area contributed by atoms with Gasteiger partial charge >= 0.3 is 0 Å². The molecular weight excluding hydrogens is 267 g/mol. The second kappa shape index (κ2) is 5.95. The highest BCUT2D eigenvalue weighted by atomic mass is 19.1. The average Bonchev–Trinajstić information content (AvgIpc) is 2.56. The summed E-state index contributed by atoms with van der Waals surface area (Å²) in [7, 11) is 0. The van der Waals surface area contributed by atoms with Crippen molar-refractivity contribution >= 4 is 11.6 Å². The molecular formula is C17H16FN2O. The standard InChI is InChI=1S/C17H16FN2O/c18-15-8-4-5-9-16(15)19-10-12-20(13-11-19)17(21)14-6-2-1-3-7-14/h1-2,4-9H,10-13H2. The van der Waals surface area contributed by atoms with Crippen LogP contribution >= 0.6 is 0 Å². The summed E-state index contributed by atoms with van der Waals surface area (Å²) in [6, 6.07) is 16.7. The van der Waals surface area contributed by atoms with Crippen molar-refractivity contribution in [2.24, 2.45) is 0 Å². The molecule has 0 aromatic heterocycles. The van der Waals surface area contributed by atoms with Crippen LogP contribution in [0.1, 0.15) is 10.4 Å². The first kappa shape index (κ1) is 13.6. The maximum atomic E-state index is 13.8. The SMILES string of the molecule is O=C(c1c[c]ccc1)N1CCN(c2ccccc2F)CC1. The molecule has 0 bridgehead atoms. The van der Waals surface area contributed by atoms with Gasteiger partial charge in [-0.2, -0.15) is 0 Å². The van der Waals surface area contributed by atoms with Crippen LogP contribution in [0.25, 0.3) is 0 Å². The molecule has 0 N–H and O–H groups in total. The zero-order valence-corrected chi connectivity index (χ0v) is 11.6. The van der Waals surface area contributed by atoms with Crippen molar-refractivity contribution < 1.29 is 9.18 Å². The van der Waals surface area contributed by atoms with Crippen LogP contribution in [0.5, 0.6) is 0 Å². The molecule has 107 valence electrons. The molecule has 4 heteroatoms. The van der Waals surface area contributed by atoms with E-state index in [-0.39, 0.29) is 11.7 Å². The molecule has 1 heterocycles. The Morgan fingerprint density at radius 2 is 1.81 bits per heavy atom. The summed E-state index contributed by atoms with van der Waals surface area (Å²) in [5.74, 6) is -0.199. The van der Waals surface area contributed by atoms with E-state index in [4.69, 9.17) is 0 Å². The number of hydrogen-bond donors (Lipinski definition) is 0. The number of carbonyl (C=O) groups is 1. The Morgan fingerprint density at radius 1 is 1.05 bits per heavy atom. The fourth-order valence-electron chi connectivity index (χ4n) is 2.57. The summed E-state index contributed by atoms with van der Waals surface area (Å²) in [4.78, 5) is 16.1. The highest BCUT2D eigenvalue weighted by molar-refractivity contribution is 5.94. The smallest absolute Gasteiger partial charge is 0.253 e. The van der Waals surface area contributed by atoms with Gasteiger partial charge in [0.2, 0.25) is 0 Å². The quantitative estimate of drug-likeness (QED) is 0.846. The number of para-hydroxylation sites is 1. The zero-order chi connectivity index (χ0) is 14.7. The van der Waals surface area contributed by atoms with Gasteiger partial charge in [-0.05, 0) is 30.3 Å². The van der Waals surface area contributed by atoms with Crippen molar-refractivity contribution in [2.45, 2.75) is 0 Å². The molecule has 1 amide bonds. The molecule has 3 nitrogen and oxygen atoms in total. The van der Waals surface area contributed by atoms with Crippen LogP contribution in [0.15, 0.2) is 48.5 Å². The zero-order valence-electron chi connectivity index (χ0n) is 11.6. The number of rotatable bonds is 2. The van der Waals surface area contributed by atoms with Crippen LogP contribution in [0, 0.1) is 11.9 Å². The van der Waals surface area contributed by atoms with E-state index < -0.39 is 0 Å². The number of benzene rings is 2. The normalized spacial score (nSPS) is 15.1. The van der Waals surface area contributed by atoms with Crippen molar-refractivity contribution in [2.75, 3.05) is 31.1 Å². The third-order valence-electron chi connectivity index (χ3n) is 3.71. The van der Waals surface area contributed by atoms with Gasteiger partial charge in [-0.1, -0.05) is 24.3 Å². The van der Waals surface area contributed by atoms with Crippen LogP contribution in [0.3, 0.4) is 0 Å². The molecule has 1 radical (unpaired) electrons. The fraction of sp³-hybridized carbons (Fsp3) is 0.235. The summed E-state index contributed by atoms with van der Waals surface area (Å²) in [6.45, 7) is 2.48. The van der Waals surface area contributed by atoms with Crippen molar-refractivity contribution in [3.05, 3.63) is 66.0 Å². The summed E-state index contributed by atoms with van der Waals surface area (Å²) in [6.07, 6.45) is 0.